The van der Waals surface area contributed by atoms with E-state index in [1.165, 1.54) is 9.80 Å². The van der Waals surface area contributed by atoms with Crippen molar-refractivity contribution < 1.29 is 9.90 Å². The standard InChI is InChI=1S/C20H17Cl2N5O2/c1-26-18-13(10-27(20(26)29)17-15(21)6-3-7-16(17)22)9-23-19(25-18)24-14-5-2-4-12(8-14)11-28/h2-9,28H,10-11H2,1H3,(H,23,24,25). The van der Waals surface area contributed by atoms with Gasteiger partial charge in [-0.05, 0) is 29.8 Å². The molecular weight excluding hydrogens is 413 g/mol. The number of urea groups is 1. The van der Waals surface area contributed by atoms with Crippen molar-refractivity contribution in [3.63, 3.8) is 0 Å². The van der Waals surface area contributed by atoms with Crippen LogP contribution in [0.4, 0.5) is 27.9 Å². The number of aliphatic hydroxyl groups excluding tert-OH is 1. The fourth-order valence-electron chi connectivity index (χ4n) is 3.17. The summed E-state index contributed by atoms with van der Waals surface area (Å²) in [7, 11) is 1.64. The molecule has 7 nitrogen and oxygen atoms in total. The lowest BCUT2D eigenvalue weighted by Crippen LogP contribution is -2.46. The van der Waals surface area contributed by atoms with Gasteiger partial charge >= 0.3 is 6.03 Å². The molecule has 0 saturated carbocycles. The fourth-order valence-corrected chi connectivity index (χ4v) is 3.77. The number of hydrogen-bond donors (Lipinski definition) is 2. The van der Waals surface area contributed by atoms with Gasteiger partial charge in [-0.2, -0.15) is 4.98 Å². The number of carbonyl (C=O) groups is 1. The highest BCUT2D eigenvalue weighted by molar-refractivity contribution is 6.40. The van der Waals surface area contributed by atoms with Crippen molar-refractivity contribution in [1.82, 2.24) is 9.97 Å². The number of aliphatic hydroxyl groups is 1. The minimum atomic E-state index is -0.292. The first-order valence-electron chi connectivity index (χ1n) is 8.80. The Morgan fingerprint density at radius 3 is 2.62 bits per heavy atom. The quantitative estimate of drug-likeness (QED) is 0.633. The SMILES string of the molecule is CN1C(=O)N(c2c(Cl)cccc2Cl)Cc2cnc(Nc3cccc(CO)c3)nc21. The highest BCUT2D eigenvalue weighted by atomic mass is 35.5. The smallest absolute Gasteiger partial charge is 0.330 e. The molecule has 2 aromatic carbocycles. The van der Waals surface area contributed by atoms with Gasteiger partial charge in [-0.15, -0.1) is 0 Å². The highest BCUT2D eigenvalue weighted by Crippen LogP contribution is 2.38. The van der Waals surface area contributed by atoms with Gasteiger partial charge in [0.2, 0.25) is 5.95 Å². The topological polar surface area (TPSA) is 81.6 Å². The van der Waals surface area contributed by atoms with E-state index in [2.05, 4.69) is 15.3 Å². The molecule has 0 fully saturated rings. The van der Waals surface area contributed by atoms with Crippen LogP contribution in [0.3, 0.4) is 0 Å². The van der Waals surface area contributed by atoms with Crippen molar-refractivity contribution in [2.45, 2.75) is 13.2 Å². The molecule has 29 heavy (non-hydrogen) atoms. The molecule has 0 atom stereocenters. The van der Waals surface area contributed by atoms with Crippen LogP contribution in [-0.2, 0) is 13.2 Å². The molecule has 0 aliphatic carbocycles. The van der Waals surface area contributed by atoms with Crippen LogP contribution in [0.25, 0.3) is 0 Å². The first-order valence-corrected chi connectivity index (χ1v) is 9.55. The van der Waals surface area contributed by atoms with Crippen molar-refractivity contribution in [2.24, 2.45) is 0 Å². The molecule has 9 heteroatoms. The maximum absolute atomic E-state index is 13.0. The Bertz CT molecular complexity index is 1070. The van der Waals surface area contributed by atoms with E-state index in [1.54, 1.807) is 37.5 Å². The summed E-state index contributed by atoms with van der Waals surface area (Å²) < 4.78 is 0. The summed E-state index contributed by atoms with van der Waals surface area (Å²) in [4.78, 5) is 24.8. The third-order valence-corrected chi connectivity index (χ3v) is 5.19. The fraction of sp³-hybridized carbons (Fsp3) is 0.150. The molecule has 0 unspecified atom stereocenters. The Labute approximate surface area is 177 Å². The molecule has 0 spiro atoms. The Kier molecular flexibility index (Phi) is 5.27. The average Bonchev–Trinajstić information content (AvgIpc) is 2.72. The number of anilines is 4. The van der Waals surface area contributed by atoms with Gasteiger partial charge in [0.05, 0.1) is 28.9 Å². The molecule has 148 valence electrons. The molecule has 0 saturated heterocycles. The average molecular weight is 430 g/mol. The molecule has 1 aliphatic heterocycles. The lowest BCUT2D eigenvalue weighted by molar-refractivity contribution is 0.251. The molecule has 1 aromatic heterocycles. The maximum Gasteiger partial charge on any atom is 0.330 e. The van der Waals surface area contributed by atoms with Gasteiger partial charge in [0.25, 0.3) is 0 Å². The molecule has 2 heterocycles. The van der Waals surface area contributed by atoms with Gasteiger partial charge in [0, 0.05) is 24.5 Å². The summed E-state index contributed by atoms with van der Waals surface area (Å²) in [6.45, 7) is 0.195. The number of aromatic nitrogens is 2. The lowest BCUT2D eigenvalue weighted by Gasteiger charge is -2.34. The van der Waals surface area contributed by atoms with E-state index in [9.17, 15) is 9.90 Å². The number of halogens is 2. The second kappa shape index (κ2) is 7.87. The largest absolute Gasteiger partial charge is 0.392 e. The number of para-hydroxylation sites is 1. The highest BCUT2D eigenvalue weighted by Gasteiger charge is 2.32. The zero-order chi connectivity index (χ0) is 20.5. The molecule has 3 aromatic rings. The van der Waals surface area contributed by atoms with Crippen LogP contribution in [0, 0.1) is 0 Å². The van der Waals surface area contributed by atoms with Gasteiger partial charge in [-0.25, -0.2) is 9.78 Å². The number of nitrogens with one attached hydrogen (secondary N) is 1. The predicted molar refractivity (Wildman–Crippen MR) is 114 cm³/mol. The van der Waals surface area contributed by atoms with E-state index in [4.69, 9.17) is 23.2 Å². The van der Waals surface area contributed by atoms with E-state index in [0.29, 0.717) is 27.5 Å². The van der Waals surface area contributed by atoms with Gasteiger partial charge in [-0.3, -0.25) is 9.80 Å². The Morgan fingerprint density at radius 1 is 1.17 bits per heavy atom. The lowest BCUT2D eigenvalue weighted by atomic mass is 10.2. The second-order valence-corrected chi connectivity index (χ2v) is 7.34. The van der Waals surface area contributed by atoms with E-state index < -0.39 is 0 Å². The number of fused-ring (bicyclic) bond motifs is 1. The monoisotopic (exact) mass is 429 g/mol. The molecule has 0 bridgehead atoms. The zero-order valence-corrected chi connectivity index (χ0v) is 16.9. The van der Waals surface area contributed by atoms with Crippen LogP contribution < -0.4 is 15.1 Å². The summed E-state index contributed by atoms with van der Waals surface area (Å²) >= 11 is 12.6. The number of amides is 2. The molecule has 4 rings (SSSR count). The first-order chi connectivity index (χ1) is 14.0. The van der Waals surface area contributed by atoms with Crippen LogP contribution in [0.15, 0.2) is 48.7 Å². The van der Waals surface area contributed by atoms with Crippen molar-refractivity contribution >= 4 is 52.4 Å². The number of hydrogen-bond acceptors (Lipinski definition) is 5. The predicted octanol–water partition coefficient (Wildman–Crippen LogP) is 4.60. The van der Waals surface area contributed by atoms with E-state index in [0.717, 1.165) is 16.8 Å². The third-order valence-electron chi connectivity index (χ3n) is 4.58. The minimum absolute atomic E-state index is 0.0573. The van der Waals surface area contributed by atoms with Crippen molar-refractivity contribution in [1.29, 1.82) is 0 Å². The summed E-state index contributed by atoms with van der Waals surface area (Å²) in [6.07, 6.45) is 1.67. The molecule has 1 aliphatic rings. The Hall–Kier alpha value is -2.87. The summed E-state index contributed by atoms with van der Waals surface area (Å²) in [5.41, 5.74) is 2.73. The molecule has 2 N–H and O–H groups in total. The first kappa shape index (κ1) is 19.4. The molecule has 0 radical (unpaired) electrons. The molecular formula is C20H17Cl2N5O2. The van der Waals surface area contributed by atoms with E-state index >= 15 is 0 Å². The van der Waals surface area contributed by atoms with Crippen molar-refractivity contribution in [3.05, 3.63) is 69.8 Å². The number of carbonyl (C=O) groups excluding carboxylic acids is 1. The van der Waals surface area contributed by atoms with Crippen LogP contribution in [-0.4, -0.2) is 28.2 Å². The van der Waals surface area contributed by atoms with Crippen LogP contribution in [0.5, 0.6) is 0 Å². The zero-order valence-electron chi connectivity index (χ0n) is 15.4. The number of nitrogens with zero attached hydrogens (tertiary/aromatic N) is 4. The van der Waals surface area contributed by atoms with Crippen LogP contribution in [0.2, 0.25) is 10.0 Å². The van der Waals surface area contributed by atoms with Gasteiger partial charge in [0.1, 0.15) is 5.82 Å². The number of rotatable bonds is 4. The van der Waals surface area contributed by atoms with Gasteiger partial charge in [0.15, 0.2) is 0 Å². The van der Waals surface area contributed by atoms with E-state index in [1.807, 2.05) is 18.2 Å². The summed E-state index contributed by atoms with van der Waals surface area (Å²) in [5, 5.41) is 13.2. The van der Waals surface area contributed by atoms with Crippen molar-refractivity contribution in [3.8, 4) is 0 Å². The Balaban J connectivity index is 1.65. The number of benzene rings is 2. The van der Waals surface area contributed by atoms with Crippen LogP contribution >= 0.6 is 23.2 Å². The normalized spacial score (nSPS) is 13.4. The van der Waals surface area contributed by atoms with Gasteiger partial charge < -0.3 is 10.4 Å². The maximum atomic E-state index is 13.0. The van der Waals surface area contributed by atoms with Gasteiger partial charge in [-0.1, -0.05) is 41.4 Å². The minimum Gasteiger partial charge on any atom is -0.392 e. The second-order valence-electron chi connectivity index (χ2n) is 6.52. The Morgan fingerprint density at radius 2 is 1.90 bits per heavy atom. The van der Waals surface area contributed by atoms with E-state index in [-0.39, 0.29) is 19.2 Å². The summed E-state index contributed by atoms with van der Waals surface area (Å²) in [6, 6.07) is 12.1. The summed E-state index contributed by atoms with van der Waals surface area (Å²) in [5.74, 6) is 0.855. The third kappa shape index (κ3) is 3.72. The van der Waals surface area contributed by atoms with Crippen molar-refractivity contribution in [2.75, 3.05) is 22.2 Å². The molecule has 2 amide bonds. The van der Waals surface area contributed by atoms with Crippen LogP contribution in [0.1, 0.15) is 11.1 Å².